The van der Waals surface area contributed by atoms with Crippen molar-refractivity contribution in [2.24, 2.45) is 0 Å². The summed E-state index contributed by atoms with van der Waals surface area (Å²) in [6, 6.07) is 0. The van der Waals surface area contributed by atoms with Gasteiger partial charge in [0.25, 0.3) is 0 Å². The summed E-state index contributed by atoms with van der Waals surface area (Å²) >= 11 is 0. The van der Waals surface area contributed by atoms with Crippen molar-refractivity contribution in [3.05, 3.63) is 18.6 Å². The molecule has 1 radical (unpaired) electrons. The minimum absolute atomic E-state index is 0.479. The Morgan fingerprint density at radius 1 is 1.70 bits per heavy atom. The van der Waals surface area contributed by atoms with Gasteiger partial charge >= 0.3 is 0 Å². The number of ether oxygens (including phenoxy) is 1. The number of hydrogen-bond donors (Lipinski definition) is 1. The van der Waals surface area contributed by atoms with Gasteiger partial charge in [-0.05, 0) is 6.92 Å². The second kappa shape index (κ2) is 3.31. The maximum Gasteiger partial charge on any atom is 0.150 e. The predicted molar refractivity (Wildman–Crippen MR) is 36.2 cm³/mol. The first-order valence-corrected chi connectivity index (χ1v) is 3.05. The molecule has 0 aromatic carbocycles. The van der Waals surface area contributed by atoms with Gasteiger partial charge in [-0.25, -0.2) is 4.98 Å². The molecule has 1 aromatic heterocycles. The van der Waals surface area contributed by atoms with Gasteiger partial charge in [-0.3, -0.25) is 5.10 Å². The molecule has 55 valence electrons. The smallest absolute Gasteiger partial charge is 0.150 e. The van der Waals surface area contributed by atoms with Crippen molar-refractivity contribution in [1.29, 1.82) is 0 Å². The highest BCUT2D eigenvalue weighted by atomic mass is 16.5. The van der Waals surface area contributed by atoms with Crippen LogP contribution in [0.4, 0.5) is 0 Å². The number of methoxy groups -OCH3 is 1. The summed E-state index contributed by atoms with van der Waals surface area (Å²) in [6.07, 6.45) is 0.611. The van der Waals surface area contributed by atoms with E-state index in [2.05, 4.69) is 22.1 Å². The molecule has 0 aliphatic rings. The van der Waals surface area contributed by atoms with E-state index < -0.39 is 0 Å². The molecule has 0 saturated heterocycles. The largest absolute Gasteiger partial charge is 0.377 e. The predicted octanol–water partition coefficient (Wildman–Crippen LogP) is 0.328. The zero-order chi connectivity index (χ0) is 7.40. The lowest BCUT2D eigenvalue weighted by Crippen LogP contribution is -1.89. The summed E-state index contributed by atoms with van der Waals surface area (Å²) in [5, 5.41) is 6.61. The number of hydrogen-bond acceptors (Lipinski definition) is 3. The maximum absolute atomic E-state index is 4.83. The lowest BCUT2D eigenvalue weighted by molar-refractivity contribution is 0.178. The van der Waals surface area contributed by atoms with Gasteiger partial charge in [0.05, 0.1) is 0 Å². The SMILES string of the molecule is [CH2]Cc1n[nH]c(COC)n1. The highest BCUT2D eigenvalue weighted by molar-refractivity contribution is 4.89. The van der Waals surface area contributed by atoms with E-state index in [1.54, 1.807) is 7.11 Å². The molecule has 0 fully saturated rings. The molecule has 0 atom stereocenters. The Kier molecular flexibility index (Phi) is 2.39. The lowest BCUT2D eigenvalue weighted by Gasteiger charge is -1.88. The molecular formula is C6H10N3O. The fourth-order valence-electron chi connectivity index (χ4n) is 0.648. The standard InChI is InChI=1S/C6H10N3O/c1-3-5-7-6(4-10-2)9-8-5/h1,3-4H2,2H3,(H,7,8,9). The fraction of sp³-hybridized carbons (Fsp3) is 0.500. The lowest BCUT2D eigenvalue weighted by atomic mass is 10.5. The molecule has 0 spiro atoms. The van der Waals surface area contributed by atoms with Gasteiger partial charge in [0.1, 0.15) is 6.61 Å². The molecule has 1 N–H and O–H groups in total. The summed E-state index contributed by atoms with van der Waals surface area (Å²) in [7, 11) is 1.62. The van der Waals surface area contributed by atoms with Crippen molar-refractivity contribution in [2.75, 3.05) is 7.11 Å². The van der Waals surface area contributed by atoms with E-state index >= 15 is 0 Å². The Bertz CT molecular complexity index is 197. The highest BCUT2D eigenvalue weighted by Crippen LogP contribution is 1.93. The zero-order valence-corrected chi connectivity index (χ0v) is 5.92. The number of rotatable bonds is 3. The molecule has 1 rings (SSSR count). The molecule has 0 amide bonds. The van der Waals surface area contributed by atoms with E-state index in [4.69, 9.17) is 4.74 Å². The topological polar surface area (TPSA) is 50.8 Å². The molecule has 0 saturated carbocycles. The van der Waals surface area contributed by atoms with Crippen LogP contribution in [0.5, 0.6) is 0 Å². The van der Waals surface area contributed by atoms with Crippen molar-refractivity contribution < 1.29 is 4.74 Å². The van der Waals surface area contributed by atoms with Gasteiger partial charge in [0.2, 0.25) is 0 Å². The number of H-pyrrole nitrogens is 1. The van der Waals surface area contributed by atoms with Gasteiger partial charge in [-0.1, -0.05) is 0 Å². The molecule has 1 aromatic rings. The fourth-order valence-corrected chi connectivity index (χ4v) is 0.648. The van der Waals surface area contributed by atoms with Crippen LogP contribution in [-0.4, -0.2) is 22.3 Å². The molecular weight excluding hydrogens is 130 g/mol. The van der Waals surface area contributed by atoms with E-state index in [1.165, 1.54) is 0 Å². The Balaban J connectivity index is 2.59. The van der Waals surface area contributed by atoms with Crippen molar-refractivity contribution in [2.45, 2.75) is 13.0 Å². The summed E-state index contributed by atoms with van der Waals surface area (Å²) in [4.78, 5) is 4.06. The van der Waals surface area contributed by atoms with Gasteiger partial charge in [-0.2, -0.15) is 5.10 Å². The average molecular weight is 140 g/mol. The molecule has 4 nitrogen and oxygen atoms in total. The van der Waals surface area contributed by atoms with Crippen molar-refractivity contribution in [3.8, 4) is 0 Å². The monoisotopic (exact) mass is 140 g/mol. The molecule has 4 heteroatoms. The van der Waals surface area contributed by atoms with Gasteiger partial charge in [0, 0.05) is 13.5 Å². The second-order valence-corrected chi connectivity index (χ2v) is 1.88. The van der Waals surface area contributed by atoms with Crippen molar-refractivity contribution >= 4 is 0 Å². The van der Waals surface area contributed by atoms with E-state index in [9.17, 15) is 0 Å². The van der Waals surface area contributed by atoms with Crippen LogP contribution in [0.1, 0.15) is 11.6 Å². The van der Waals surface area contributed by atoms with Crippen molar-refractivity contribution in [1.82, 2.24) is 15.2 Å². The summed E-state index contributed by atoms with van der Waals surface area (Å²) in [5.74, 6) is 1.48. The Labute approximate surface area is 59.6 Å². The average Bonchev–Trinajstić information content (AvgIpc) is 2.37. The van der Waals surface area contributed by atoms with Crippen LogP contribution in [0, 0.1) is 6.92 Å². The number of nitrogens with one attached hydrogen (secondary N) is 1. The third kappa shape index (κ3) is 1.54. The summed E-state index contributed by atoms with van der Waals surface area (Å²) in [5.41, 5.74) is 0. The Morgan fingerprint density at radius 2 is 2.50 bits per heavy atom. The van der Waals surface area contributed by atoms with E-state index in [-0.39, 0.29) is 0 Å². The van der Waals surface area contributed by atoms with Crippen LogP contribution in [0.15, 0.2) is 0 Å². The molecule has 0 aliphatic carbocycles. The van der Waals surface area contributed by atoms with E-state index in [1.807, 2.05) is 0 Å². The van der Waals surface area contributed by atoms with Gasteiger partial charge in [0.15, 0.2) is 11.6 Å². The Morgan fingerprint density at radius 3 is 3.00 bits per heavy atom. The minimum atomic E-state index is 0.479. The van der Waals surface area contributed by atoms with Crippen LogP contribution in [0.3, 0.4) is 0 Å². The third-order valence-corrected chi connectivity index (χ3v) is 1.08. The molecule has 0 unspecified atom stereocenters. The van der Waals surface area contributed by atoms with Gasteiger partial charge < -0.3 is 4.74 Å². The van der Waals surface area contributed by atoms with E-state index in [0.29, 0.717) is 13.0 Å². The van der Waals surface area contributed by atoms with Crippen LogP contribution >= 0.6 is 0 Å². The zero-order valence-electron chi connectivity index (χ0n) is 5.92. The minimum Gasteiger partial charge on any atom is -0.377 e. The second-order valence-electron chi connectivity index (χ2n) is 1.88. The Hall–Kier alpha value is -0.900. The van der Waals surface area contributed by atoms with Gasteiger partial charge in [-0.15, -0.1) is 0 Å². The van der Waals surface area contributed by atoms with Crippen LogP contribution < -0.4 is 0 Å². The van der Waals surface area contributed by atoms with Crippen LogP contribution in [0.25, 0.3) is 0 Å². The first-order chi connectivity index (χ1) is 4.86. The summed E-state index contributed by atoms with van der Waals surface area (Å²) < 4.78 is 4.83. The normalized spacial score (nSPS) is 10.2. The highest BCUT2D eigenvalue weighted by Gasteiger charge is 1.98. The molecule has 0 aliphatic heterocycles. The van der Waals surface area contributed by atoms with Crippen LogP contribution in [-0.2, 0) is 17.8 Å². The van der Waals surface area contributed by atoms with Crippen molar-refractivity contribution in [3.63, 3.8) is 0 Å². The first-order valence-electron chi connectivity index (χ1n) is 3.05. The first kappa shape index (κ1) is 7.21. The third-order valence-electron chi connectivity index (χ3n) is 1.08. The quantitative estimate of drug-likeness (QED) is 0.658. The summed E-state index contributed by atoms with van der Waals surface area (Å²) in [6.45, 7) is 4.12. The van der Waals surface area contributed by atoms with Crippen LogP contribution in [0.2, 0.25) is 0 Å². The molecule has 10 heavy (non-hydrogen) atoms. The number of aromatic nitrogens is 3. The number of aromatic amines is 1. The maximum atomic E-state index is 4.83. The number of nitrogens with zero attached hydrogens (tertiary/aromatic N) is 2. The van der Waals surface area contributed by atoms with E-state index in [0.717, 1.165) is 11.6 Å². The molecule has 1 heterocycles. The molecule has 0 bridgehead atoms.